The Morgan fingerprint density at radius 1 is 1.18 bits per heavy atom. The normalized spacial score (nSPS) is 16.6. The van der Waals surface area contributed by atoms with Gasteiger partial charge in [-0.1, -0.05) is 48.5 Å². The molecular formula is C29H24ClN5O3S. The minimum absolute atomic E-state index is 0.147. The third kappa shape index (κ3) is 4.53. The molecular weight excluding hydrogens is 534 g/mol. The quantitative estimate of drug-likeness (QED) is 0.285. The van der Waals surface area contributed by atoms with Crippen LogP contribution in [-0.2, 0) is 4.79 Å². The Hall–Kier alpha value is -4.21. The number of hydrogen-bond donors (Lipinski definition) is 2. The maximum atomic E-state index is 13.5. The van der Waals surface area contributed by atoms with Crippen LogP contribution in [0.2, 0.25) is 5.02 Å². The van der Waals surface area contributed by atoms with Crippen LogP contribution in [0, 0.1) is 0 Å². The van der Waals surface area contributed by atoms with Gasteiger partial charge in [-0.3, -0.25) is 14.5 Å². The third-order valence-electron chi connectivity index (χ3n) is 6.98. The van der Waals surface area contributed by atoms with E-state index in [1.165, 1.54) is 17.4 Å². The number of likely N-dealkylation sites (tertiary alicyclic amines) is 1. The smallest absolute Gasteiger partial charge is 0.331 e. The van der Waals surface area contributed by atoms with E-state index in [0.717, 1.165) is 24.0 Å². The molecule has 1 unspecified atom stereocenters. The Bertz CT molecular complexity index is 1650. The maximum absolute atomic E-state index is 13.5. The molecule has 6 rings (SSSR count). The summed E-state index contributed by atoms with van der Waals surface area (Å²) in [5, 5.41) is 7.32. The number of halogens is 1. The summed E-state index contributed by atoms with van der Waals surface area (Å²) in [7, 11) is 0. The molecule has 0 aliphatic carbocycles. The fourth-order valence-electron chi connectivity index (χ4n) is 5.18. The standard InChI is InChI=1S/C29H24ClN5O3S/c1-2-23(36)34-14-6-8-18(16-34)32-27(37)26-25-24-22(12-13-31-28(24)39-26)35(29(38)33-25)19-9-5-7-17(15-19)20-10-3-4-11-21(20)30/h2-5,7,9-13,15,18H,1,6,8,14,16H2,(H,32,37)(H,33,38). The number of amides is 4. The lowest BCUT2D eigenvalue weighted by atomic mass is 10.0. The first-order chi connectivity index (χ1) is 18.9. The maximum Gasteiger partial charge on any atom is 0.331 e. The molecule has 0 bridgehead atoms. The van der Waals surface area contributed by atoms with Crippen molar-refractivity contribution in [1.29, 1.82) is 0 Å². The van der Waals surface area contributed by atoms with E-state index in [2.05, 4.69) is 22.2 Å². The highest BCUT2D eigenvalue weighted by Crippen LogP contribution is 2.46. The number of nitrogens with zero attached hydrogens (tertiary/aromatic N) is 3. The van der Waals surface area contributed by atoms with Crippen molar-refractivity contribution < 1.29 is 14.4 Å². The fourth-order valence-corrected chi connectivity index (χ4v) is 6.45. The predicted octanol–water partition coefficient (Wildman–Crippen LogP) is 6.21. The van der Waals surface area contributed by atoms with Crippen molar-refractivity contribution in [3.8, 4) is 11.1 Å². The number of anilines is 3. The number of urea groups is 1. The average molecular weight is 558 g/mol. The Morgan fingerprint density at radius 3 is 2.85 bits per heavy atom. The molecule has 2 aliphatic heterocycles. The van der Waals surface area contributed by atoms with Gasteiger partial charge >= 0.3 is 6.03 Å². The molecule has 1 fully saturated rings. The number of benzene rings is 2. The molecule has 1 saturated heterocycles. The van der Waals surface area contributed by atoms with Gasteiger partial charge < -0.3 is 15.5 Å². The molecule has 8 nitrogen and oxygen atoms in total. The van der Waals surface area contributed by atoms with Gasteiger partial charge in [0.25, 0.3) is 5.91 Å². The van der Waals surface area contributed by atoms with Gasteiger partial charge in [0.2, 0.25) is 5.91 Å². The third-order valence-corrected chi connectivity index (χ3v) is 8.41. The first-order valence-electron chi connectivity index (χ1n) is 12.5. The van der Waals surface area contributed by atoms with Crippen molar-refractivity contribution in [2.75, 3.05) is 23.3 Å². The fraction of sp³-hybridized carbons (Fsp3) is 0.172. The van der Waals surface area contributed by atoms with E-state index in [4.69, 9.17) is 11.6 Å². The van der Waals surface area contributed by atoms with Gasteiger partial charge in [-0.15, -0.1) is 11.3 Å². The Morgan fingerprint density at radius 2 is 2.03 bits per heavy atom. The van der Waals surface area contributed by atoms with Gasteiger partial charge in [0.05, 0.1) is 22.4 Å². The SMILES string of the molecule is C=CC(=O)N1CCCC(NC(=O)c2sc3nccc4c3c2NC(=O)N4c2cccc(-c3ccccc3Cl)c2)C1. The number of piperidine rings is 1. The van der Waals surface area contributed by atoms with E-state index in [1.807, 2.05) is 48.5 Å². The van der Waals surface area contributed by atoms with E-state index >= 15 is 0 Å². The summed E-state index contributed by atoms with van der Waals surface area (Å²) in [6.45, 7) is 4.62. The monoisotopic (exact) mass is 557 g/mol. The van der Waals surface area contributed by atoms with Gasteiger partial charge in [0, 0.05) is 35.9 Å². The molecule has 2 aromatic carbocycles. The van der Waals surface area contributed by atoms with Gasteiger partial charge in [0.1, 0.15) is 9.71 Å². The lowest BCUT2D eigenvalue weighted by molar-refractivity contribution is -0.127. The molecule has 10 heteroatoms. The zero-order valence-corrected chi connectivity index (χ0v) is 22.4. The average Bonchev–Trinajstić information content (AvgIpc) is 3.32. The number of pyridine rings is 1. The minimum Gasteiger partial charge on any atom is -0.347 e. The topological polar surface area (TPSA) is 94.6 Å². The molecule has 196 valence electrons. The van der Waals surface area contributed by atoms with E-state index in [9.17, 15) is 14.4 Å². The van der Waals surface area contributed by atoms with Crippen molar-refractivity contribution in [3.05, 3.63) is 83.3 Å². The van der Waals surface area contributed by atoms with Crippen LogP contribution in [0.15, 0.2) is 73.4 Å². The first-order valence-corrected chi connectivity index (χ1v) is 13.7. The molecule has 0 saturated carbocycles. The molecule has 2 aliphatic rings. The molecule has 2 aromatic heterocycles. The molecule has 2 N–H and O–H groups in total. The number of carbonyl (C=O) groups excluding carboxylic acids is 3. The van der Waals surface area contributed by atoms with Crippen LogP contribution in [0.5, 0.6) is 0 Å². The van der Waals surface area contributed by atoms with Crippen molar-refractivity contribution in [2.24, 2.45) is 0 Å². The number of carbonyl (C=O) groups is 3. The van der Waals surface area contributed by atoms with Crippen LogP contribution < -0.4 is 15.5 Å². The predicted molar refractivity (Wildman–Crippen MR) is 155 cm³/mol. The zero-order chi connectivity index (χ0) is 27.1. The summed E-state index contributed by atoms with van der Waals surface area (Å²) in [5.74, 6) is -0.447. The second kappa shape index (κ2) is 10.2. The van der Waals surface area contributed by atoms with E-state index < -0.39 is 0 Å². The van der Waals surface area contributed by atoms with Gasteiger partial charge in [-0.2, -0.15) is 0 Å². The van der Waals surface area contributed by atoms with Crippen molar-refractivity contribution in [2.45, 2.75) is 18.9 Å². The first kappa shape index (κ1) is 25.1. The highest BCUT2D eigenvalue weighted by Gasteiger charge is 2.34. The summed E-state index contributed by atoms with van der Waals surface area (Å²) in [6, 6.07) is 16.4. The van der Waals surface area contributed by atoms with Crippen LogP contribution in [0.3, 0.4) is 0 Å². The van der Waals surface area contributed by atoms with Crippen LogP contribution >= 0.6 is 22.9 Å². The summed E-state index contributed by atoms with van der Waals surface area (Å²) in [4.78, 5) is 47.8. The summed E-state index contributed by atoms with van der Waals surface area (Å²) >= 11 is 7.66. The molecule has 4 amide bonds. The summed E-state index contributed by atoms with van der Waals surface area (Å²) in [5.41, 5.74) is 3.50. The number of hydrogen-bond acceptors (Lipinski definition) is 5. The van der Waals surface area contributed by atoms with Crippen LogP contribution in [-0.4, -0.2) is 46.9 Å². The zero-order valence-electron chi connectivity index (χ0n) is 20.8. The second-order valence-electron chi connectivity index (χ2n) is 9.41. The number of rotatable bonds is 5. The largest absolute Gasteiger partial charge is 0.347 e. The van der Waals surface area contributed by atoms with Crippen molar-refractivity contribution in [3.63, 3.8) is 0 Å². The lowest BCUT2D eigenvalue weighted by Crippen LogP contribution is -2.49. The van der Waals surface area contributed by atoms with E-state index in [1.54, 1.807) is 22.1 Å². The lowest BCUT2D eigenvalue weighted by Gasteiger charge is -2.32. The Labute approximate surface area is 233 Å². The van der Waals surface area contributed by atoms with Crippen molar-refractivity contribution in [1.82, 2.24) is 15.2 Å². The highest BCUT2D eigenvalue weighted by atomic mass is 35.5. The van der Waals surface area contributed by atoms with E-state index in [0.29, 0.717) is 50.3 Å². The highest BCUT2D eigenvalue weighted by molar-refractivity contribution is 7.21. The molecule has 4 aromatic rings. The molecule has 0 spiro atoms. The van der Waals surface area contributed by atoms with E-state index in [-0.39, 0.29) is 23.9 Å². The Balaban J connectivity index is 1.34. The van der Waals surface area contributed by atoms with Gasteiger partial charge in [-0.05, 0) is 48.7 Å². The van der Waals surface area contributed by atoms with Crippen molar-refractivity contribution >= 4 is 68.1 Å². The number of aromatic nitrogens is 1. The van der Waals surface area contributed by atoms with Crippen LogP contribution in [0.25, 0.3) is 21.3 Å². The van der Waals surface area contributed by atoms with Gasteiger partial charge in [0.15, 0.2) is 0 Å². The minimum atomic E-state index is -0.376. The summed E-state index contributed by atoms with van der Waals surface area (Å²) < 4.78 is 0. The number of thiophene rings is 1. The van der Waals surface area contributed by atoms with Crippen LogP contribution in [0.4, 0.5) is 21.9 Å². The molecule has 4 heterocycles. The van der Waals surface area contributed by atoms with Gasteiger partial charge in [-0.25, -0.2) is 9.78 Å². The number of nitrogens with one attached hydrogen (secondary N) is 2. The Kier molecular flexibility index (Phi) is 6.54. The molecule has 0 radical (unpaired) electrons. The molecule has 1 atom stereocenters. The molecule has 39 heavy (non-hydrogen) atoms. The second-order valence-corrected chi connectivity index (χ2v) is 10.8. The summed E-state index contributed by atoms with van der Waals surface area (Å²) in [6.07, 6.45) is 4.48. The van der Waals surface area contributed by atoms with Crippen LogP contribution in [0.1, 0.15) is 22.5 Å².